The number of para-hydroxylation sites is 1. The Balaban J connectivity index is 1.82. The molecule has 8 heteroatoms. The Morgan fingerprint density at radius 3 is 2.47 bits per heavy atom. The van der Waals surface area contributed by atoms with Gasteiger partial charge >= 0.3 is 0 Å². The molecule has 5 nitrogen and oxygen atoms in total. The van der Waals surface area contributed by atoms with E-state index in [9.17, 15) is 9.59 Å². The lowest BCUT2D eigenvalue weighted by atomic mass is 9.98. The van der Waals surface area contributed by atoms with E-state index in [0.717, 1.165) is 0 Å². The summed E-state index contributed by atoms with van der Waals surface area (Å²) in [4.78, 5) is 32.5. The molecule has 1 atom stereocenters. The first kappa shape index (κ1) is 19.1. The van der Waals surface area contributed by atoms with E-state index >= 15 is 0 Å². The molecule has 1 aliphatic heterocycles. The summed E-state index contributed by atoms with van der Waals surface area (Å²) < 4.78 is 5.87. The quantitative estimate of drug-likeness (QED) is 0.376. The van der Waals surface area contributed by atoms with E-state index in [1.807, 2.05) is 0 Å². The van der Waals surface area contributed by atoms with Gasteiger partial charge in [0.05, 0.1) is 32.1 Å². The third-order valence-electron chi connectivity index (χ3n) is 5.00. The lowest BCUT2D eigenvalue weighted by Crippen LogP contribution is -2.30. The van der Waals surface area contributed by atoms with Crippen molar-refractivity contribution in [2.24, 2.45) is 0 Å². The van der Waals surface area contributed by atoms with E-state index in [2.05, 4.69) is 4.98 Å². The first-order chi connectivity index (χ1) is 14.5. The molecule has 0 N–H and O–H groups in total. The summed E-state index contributed by atoms with van der Waals surface area (Å²) in [6.07, 6.45) is 1.44. The van der Waals surface area contributed by atoms with E-state index in [1.54, 1.807) is 54.6 Å². The van der Waals surface area contributed by atoms with Crippen molar-refractivity contribution in [3.05, 3.63) is 103 Å². The second-order valence-electron chi connectivity index (χ2n) is 6.76. The van der Waals surface area contributed by atoms with Crippen molar-refractivity contribution in [1.29, 1.82) is 0 Å². The molecule has 3 heterocycles. The van der Waals surface area contributed by atoms with E-state index in [1.165, 1.54) is 11.1 Å². The third kappa shape index (κ3) is 2.89. The largest absolute Gasteiger partial charge is 0.450 e. The van der Waals surface area contributed by atoms with Gasteiger partial charge in [-0.05, 0) is 42.0 Å². The Bertz CT molecular complexity index is 1380. The minimum absolute atomic E-state index is 0.0217. The number of aromatic nitrogens is 1. The fraction of sp³-hybridized carbons (Fsp3) is 0.0455. The Labute approximate surface area is 185 Å². The van der Waals surface area contributed by atoms with Crippen molar-refractivity contribution < 1.29 is 9.21 Å². The normalized spacial score (nSPS) is 15.6. The summed E-state index contributed by atoms with van der Waals surface area (Å²) in [5.74, 6) is -0.166. The topological polar surface area (TPSA) is 63.4 Å². The predicted octanol–water partition coefficient (Wildman–Crippen LogP) is 5.90. The molecule has 0 fully saturated rings. The molecule has 148 valence electrons. The number of benzene rings is 2. The Morgan fingerprint density at radius 2 is 1.73 bits per heavy atom. The maximum atomic E-state index is 13.4. The van der Waals surface area contributed by atoms with Crippen LogP contribution in [0, 0.1) is 0 Å². The van der Waals surface area contributed by atoms with Crippen LogP contribution in [0.3, 0.4) is 0 Å². The Morgan fingerprint density at radius 1 is 0.933 bits per heavy atom. The van der Waals surface area contributed by atoms with Crippen LogP contribution in [-0.2, 0) is 0 Å². The number of anilines is 1. The highest BCUT2D eigenvalue weighted by molar-refractivity contribution is 6.42. The molecule has 0 bridgehead atoms. The number of pyridine rings is 1. The van der Waals surface area contributed by atoms with Crippen LogP contribution >= 0.6 is 34.8 Å². The molecule has 2 aromatic heterocycles. The average molecular weight is 458 g/mol. The lowest BCUT2D eigenvalue weighted by Gasteiger charge is -2.24. The predicted molar refractivity (Wildman–Crippen MR) is 117 cm³/mol. The van der Waals surface area contributed by atoms with Crippen LogP contribution in [0.1, 0.15) is 27.7 Å². The third-order valence-corrected chi connectivity index (χ3v) is 5.96. The number of rotatable bonds is 2. The lowest BCUT2D eigenvalue weighted by molar-refractivity contribution is 0.0970. The van der Waals surface area contributed by atoms with Crippen molar-refractivity contribution in [2.45, 2.75) is 6.04 Å². The number of hydrogen-bond donors (Lipinski definition) is 0. The van der Waals surface area contributed by atoms with Crippen LogP contribution < -0.4 is 10.3 Å². The molecule has 0 spiro atoms. The first-order valence-electron chi connectivity index (χ1n) is 8.91. The highest BCUT2D eigenvalue weighted by atomic mass is 35.5. The summed E-state index contributed by atoms with van der Waals surface area (Å²) in [6.45, 7) is 0. The van der Waals surface area contributed by atoms with Gasteiger partial charge < -0.3 is 4.42 Å². The molecule has 0 unspecified atom stereocenters. The van der Waals surface area contributed by atoms with Gasteiger partial charge in [0.1, 0.15) is 11.4 Å². The minimum atomic E-state index is -0.781. The summed E-state index contributed by atoms with van der Waals surface area (Å²) in [5, 5.41) is 1.49. The van der Waals surface area contributed by atoms with Gasteiger partial charge in [0.25, 0.3) is 5.91 Å². The van der Waals surface area contributed by atoms with Crippen LogP contribution in [0.2, 0.25) is 15.1 Å². The molecular weight excluding hydrogens is 447 g/mol. The van der Waals surface area contributed by atoms with Crippen LogP contribution in [0.4, 0.5) is 5.82 Å². The molecule has 5 rings (SSSR count). The van der Waals surface area contributed by atoms with Crippen LogP contribution in [-0.4, -0.2) is 10.9 Å². The van der Waals surface area contributed by atoms with Gasteiger partial charge in [-0.1, -0.05) is 53.0 Å². The number of amides is 1. The van der Waals surface area contributed by atoms with Gasteiger partial charge in [0.15, 0.2) is 5.43 Å². The zero-order chi connectivity index (χ0) is 21.0. The molecule has 0 saturated carbocycles. The number of halogens is 3. The van der Waals surface area contributed by atoms with Crippen molar-refractivity contribution >= 4 is 57.5 Å². The Hall–Kier alpha value is -2.86. The number of nitrogens with zero attached hydrogens (tertiary/aromatic N) is 2. The summed E-state index contributed by atoms with van der Waals surface area (Å²) in [7, 11) is 0. The first-order valence-corrected chi connectivity index (χ1v) is 10.0. The highest BCUT2D eigenvalue weighted by Crippen LogP contribution is 2.41. The molecule has 30 heavy (non-hydrogen) atoms. The van der Waals surface area contributed by atoms with Crippen LogP contribution in [0.5, 0.6) is 0 Å². The standard InChI is InChI=1S/C22H11Cl3N2O3/c23-12-6-8-17(26-10-12)27-19(11-5-7-14(24)15(25)9-11)18-20(28)13-3-1-2-4-16(13)30-21(18)22(27)29/h1-10,19H/t19-/m0/s1. The summed E-state index contributed by atoms with van der Waals surface area (Å²) in [6, 6.07) is 14.2. The molecule has 0 aliphatic carbocycles. The highest BCUT2D eigenvalue weighted by Gasteiger charge is 2.44. The maximum Gasteiger partial charge on any atom is 0.296 e. The minimum Gasteiger partial charge on any atom is -0.450 e. The monoisotopic (exact) mass is 456 g/mol. The van der Waals surface area contributed by atoms with Gasteiger partial charge in [-0.2, -0.15) is 0 Å². The molecule has 1 amide bonds. The Kier molecular flexibility index (Phi) is 4.54. The summed E-state index contributed by atoms with van der Waals surface area (Å²) in [5.41, 5.74) is 0.894. The van der Waals surface area contributed by atoms with Crippen molar-refractivity contribution in [3.63, 3.8) is 0 Å². The van der Waals surface area contributed by atoms with Crippen LogP contribution in [0.15, 0.2) is 70.0 Å². The summed E-state index contributed by atoms with van der Waals surface area (Å²) >= 11 is 18.3. The van der Waals surface area contributed by atoms with Gasteiger partial charge in [-0.15, -0.1) is 0 Å². The van der Waals surface area contributed by atoms with Gasteiger partial charge in [-0.25, -0.2) is 4.98 Å². The second kappa shape index (κ2) is 7.13. The van der Waals surface area contributed by atoms with Crippen LogP contribution in [0.25, 0.3) is 11.0 Å². The number of fused-ring (bicyclic) bond motifs is 2. The fourth-order valence-electron chi connectivity index (χ4n) is 3.66. The molecule has 0 radical (unpaired) electrons. The van der Waals surface area contributed by atoms with E-state index in [0.29, 0.717) is 37.4 Å². The molecule has 2 aromatic carbocycles. The number of hydrogen-bond acceptors (Lipinski definition) is 4. The zero-order valence-electron chi connectivity index (χ0n) is 15.1. The molecule has 0 saturated heterocycles. The van der Waals surface area contributed by atoms with Crippen molar-refractivity contribution in [2.75, 3.05) is 4.90 Å². The van der Waals surface area contributed by atoms with E-state index in [-0.39, 0.29) is 16.8 Å². The SMILES string of the molecule is O=C1c2oc3ccccc3c(=O)c2[C@H](c2ccc(Cl)c(Cl)c2)N1c1ccc(Cl)cn1. The average Bonchev–Trinajstić information content (AvgIpc) is 3.04. The number of carbonyl (C=O) groups excluding carboxylic acids is 1. The van der Waals surface area contributed by atoms with Crippen molar-refractivity contribution in [1.82, 2.24) is 4.98 Å². The molecular formula is C22H11Cl3N2O3. The second-order valence-corrected chi connectivity index (χ2v) is 8.01. The maximum absolute atomic E-state index is 13.4. The van der Waals surface area contributed by atoms with E-state index in [4.69, 9.17) is 39.2 Å². The fourth-order valence-corrected chi connectivity index (χ4v) is 4.08. The van der Waals surface area contributed by atoms with E-state index < -0.39 is 11.9 Å². The number of carbonyl (C=O) groups is 1. The van der Waals surface area contributed by atoms with Crippen molar-refractivity contribution in [3.8, 4) is 0 Å². The zero-order valence-corrected chi connectivity index (χ0v) is 17.4. The smallest absolute Gasteiger partial charge is 0.296 e. The van der Waals surface area contributed by atoms with Gasteiger partial charge in [0, 0.05) is 6.20 Å². The van der Waals surface area contributed by atoms with Gasteiger partial charge in [-0.3, -0.25) is 14.5 Å². The molecule has 1 aliphatic rings. The van der Waals surface area contributed by atoms with Gasteiger partial charge in [0.2, 0.25) is 5.76 Å². The molecule has 4 aromatic rings.